The molecule has 2 atom stereocenters. The van der Waals surface area contributed by atoms with Gasteiger partial charge < -0.3 is 14.4 Å². The van der Waals surface area contributed by atoms with Crippen LogP contribution < -0.4 is 9.64 Å². The first kappa shape index (κ1) is 21.4. The Morgan fingerprint density at radius 3 is 2.16 bits per heavy atom. The molecule has 1 fully saturated rings. The summed E-state index contributed by atoms with van der Waals surface area (Å²) in [6.45, 7) is 7.45. The number of hydrogen-bond donors (Lipinski definition) is 0. The number of nitrogens with zero attached hydrogens (tertiary/aromatic N) is 2. The first-order valence-corrected chi connectivity index (χ1v) is 10.8. The largest absolute Gasteiger partial charge is 0.494 e. The van der Waals surface area contributed by atoms with Crippen LogP contribution in [0.4, 0.5) is 5.69 Å². The minimum Gasteiger partial charge on any atom is -0.494 e. The van der Waals surface area contributed by atoms with Crippen molar-refractivity contribution in [1.29, 1.82) is 0 Å². The van der Waals surface area contributed by atoms with E-state index in [4.69, 9.17) is 21.1 Å². The fraction of sp³-hybridized carbons (Fsp3) is 0.333. The average molecular weight is 441 g/mol. The molecule has 0 N–H and O–H groups in total. The molecular formula is C24H25ClN2O4. The smallest absolute Gasteiger partial charge is 0.282 e. The van der Waals surface area contributed by atoms with E-state index in [0.717, 1.165) is 0 Å². The van der Waals surface area contributed by atoms with Crippen LogP contribution in [-0.4, -0.2) is 48.6 Å². The summed E-state index contributed by atoms with van der Waals surface area (Å²) in [4.78, 5) is 30.4. The van der Waals surface area contributed by atoms with E-state index in [1.807, 2.05) is 25.7 Å². The Bertz CT molecular complexity index is 1010. The second-order valence-electron chi connectivity index (χ2n) is 7.77. The van der Waals surface area contributed by atoms with E-state index in [1.54, 1.807) is 48.5 Å². The van der Waals surface area contributed by atoms with Crippen LogP contribution in [0.3, 0.4) is 0 Å². The molecule has 1 saturated heterocycles. The van der Waals surface area contributed by atoms with Crippen molar-refractivity contribution in [3.05, 3.63) is 64.8 Å². The van der Waals surface area contributed by atoms with E-state index in [9.17, 15) is 9.59 Å². The molecule has 2 unspecified atom stereocenters. The zero-order valence-corrected chi connectivity index (χ0v) is 18.6. The molecule has 0 spiro atoms. The standard InChI is InChI=1S/C24H25ClN2O4/c1-4-30-20-11-9-19(10-12-20)27-23(28)21(17-5-7-18(25)8-6-17)22(24(27)29)26-13-15(2)31-16(3)14-26/h5-12,15-16H,4,13-14H2,1-3H3. The van der Waals surface area contributed by atoms with Gasteiger partial charge in [0.2, 0.25) is 0 Å². The molecule has 2 aliphatic heterocycles. The molecule has 0 radical (unpaired) electrons. The van der Waals surface area contributed by atoms with E-state index in [-0.39, 0.29) is 24.0 Å². The number of benzene rings is 2. The number of halogens is 1. The summed E-state index contributed by atoms with van der Waals surface area (Å²) in [7, 11) is 0. The van der Waals surface area contributed by atoms with Gasteiger partial charge in [-0.25, -0.2) is 4.90 Å². The summed E-state index contributed by atoms with van der Waals surface area (Å²) in [6, 6.07) is 14.0. The topological polar surface area (TPSA) is 59.1 Å². The van der Waals surface area contributed by atoms with Crippen LogP contribution >= 0.6 is 11.6 Å². The average Bonchev–Trinajstić information content (AvgIpc) is 2.99. The van der Waals surface area contributed by atoms with Gasteiger partial charge in [0.1, 0.15) is 11.4 Å². The number of amides is 2. The van der Waals surface area contributed by atoms with Crippen LogP contribution in [0, 0.1) is 0 Å². The van der Waals surface area contributed by atoms with Crippen LogP contribution in [0.5, 0.6) is 5.75 Å². The second-order valence-corrected chi connectivity index (χ2v) is 8.20. The third-order valence-electron chi connectivity index (χ3n) is 5.33. The van der Waals surface area contributed by atoms with Crippen molar-refractivity contribution < 1.29 is 19.1 Å². The van der Waals surface area contributed by atoms with E-state index in [1.165, 1.54) is 4.90 Å². The molecule has 2 aromatic carbocycles. The molecule has 0 saturated carbocycles. The van der Waals surface area contributed by atoms with Gasteiger partial charge in [-0.15, -0.1) is 0 Å². The molecule has 6 nitrogen and oxygen atoms in total. The molecule has 2 aliphatic rings. The van der Waals surface area contributed by atoms with Crippen LogP contribution in [0.1, 0.15) is 26.3 Å². The van der Waals surface area contributed by atoms with Gasteiger partial charge in [-0.2, -0.15) is 0 Å². The molecule has 162 valence electrons. The van der Waals surface area contributed by atoms with Crippen molar-refractivity contribution in [3.8, 4) is 5.75 Å². The fourth-order valence-electron chi connectivity index (χ4n) is 4.14. The molecule has 2 heterocycles. The molecule has 2 aromatic rings. The van der Waals surface area contributed by atoms with Gasteiger partial charge in [0, 0.05) is 18.1 Å². The van der Waals surface area contributed by atoms with Gasteiger partial charge in [0.05, 0.1) is 30.1 Å². The lowest BCUT2D eigenvalue weighted by molar-refractivity contribution is -0.121. The summed E-state index contributed by atoms with van der Waals surface area (Å²) in [5, 5.41) is 0.569. The van der Waals surface area contributed by atoms with Gasteiger partial charge in [0.25, 0.3) is 11.8 Å². The van der Waals surface area contributed by atoms with Gasteiger partial charge >= 0.3 is 0 Å². The molecule has 0 aromatic heterocycles. The quantitative estimate of drug-likeness (QED) is 0.654. The van der Waals surface area contributed by atoms with E-state index in [2.05, 4.69) is 0 Å². The first-order valence-electron chi connectivity index (χ1n) is 10.4. The lowest BCUT2D eigenvalue weighted by atomic mass is 10.0. The highest BCUT2D eigenvalue weighted by Gasteiger charge is 2.43. The number of carbonyl (C=O) groups is 2. The number of imide groups is 1. The van der Waals surface area contributed by atoms with Crippen LogP contribution in [0.15, 0.2) is 54.2 Å². The number of anilines is 1. The zero-order chi connectivity index (χ0) is 22.1. The minimum atomic E-state index is -0.349. The number of rotatable bonds is 5. The zero-order valence-electron chi connectivity index (χ0n) is 17.8. The van der Waals surface area contributed by atoms with Crippen molar-refractivity contribution in [3.63, 3.8) is 0 Å². The number of hydrogen-bond acceptors (Lipinski definition) is 5. The molecule has 0 aliphatic carbocycles. The molecule has 0 bridgehead atoms. The molecule has 7 heteroatoms. The predicted molar refractivity (Wildman–Crippen MR) is 120 cm³/mol. The maximum absolute atomic E-state index is 13.6. The van der Waals surface area contributed by atoms with Gasteiger partial charge in [-0.3, -0.25) is 9.59 Å². The Hall–Kier alpha value is -2.83. The molecule has 2 amide bonds. The van der Waals surface area contributed by atoms with Crippen LogP contribution in [-0.2, 0) is 14.3 Å². The lowest BCUT2D eigenvalue weighted by Crippen LogP contribution is -2.47. The highest BCUT2D eigenvalue weighted by Crippen LogP contribution is 2.36. The second kappa shape index (κ2) is 8.73. The van der Waals surface area contributed by atoms with Crippen LogP contribution in [0.2, 0.25) is 5.02 Å². The van der Waals surface area contributed by atoms with Gasteiger partial charge in [-0.1, -0.05) is 23.7 Å². The van der Waals surface area contributed by atoms with Crippen molar-refractivity contribution in [2.45, 2.75) is 33.0 Å². The Morgan fingerprint density at radius 1 is 0.968 bits per heavy atom. The van der Waals surface area contributed by atoms with Gasteiger partial charge in [-0.05, 0) is 62.7 Å². The number of carbonyl (C=O) groups excluding carboxylic acids is 2. The fourth-order valence-corrected chi connectivity index (χ4v) is 4.27. The van der Waals surface area contributed by atoms with E-state index in [0.29, 0.717) is 53.0 Å². The van der Waals surface area contributed by atoms with Crippen LogP contribution in [0.25, 0.3) is 5.57 Å². The summed E-state index contributed by atoms with van der Waals surface area (Å²) in [5.74, 6) is 0.00553. The summed E-state index contributed by atoms with van der Waals surface area (Å²) < 4.78 is 11.3. The predicted octanol–water partition coefficient (Wildman–Crippen LogP) is 4.13. The minimum absolute atomic E-state index is 0.0508. The van der Waals surface area contributed by atoms with Crippen molar-refractivity contribution >= 4 is 34.7 Å². The maximum atomic E-state index is 13.6. The summed E-state index contributed by atoms with van der Waals surface area (Å²) >= 11 is 6.05. The normalized spacial score (nSPS) is 21.8. The number of ether oxygens (including phenoxy) is 2. The third kappa shape index (κ3) is 4.18. The molecule has 4 rings (SSSR count). The Kier molecular flexibility index (Phi) is 6.03. The van der Waals surface area contributed by atoms with E-state index < -0.39 is 0 Å². The maximum Gasteiger partial charge on any atom is 0.282 e. The monoisotopic (exact) mass is 440 g/mol. The Morgan fingerprint density at radius 2 is 1.58 bits per heavy atom. The first-order chi connectivity index (χ1) is 14.9. The van der Waals surface area contributed by atoms with Crippen molar-refractivity contribution in [2.24, 2.45) is 0 Å². The number of morpholine rings is 1. The summed E-state index contributed by atoms with van der Waals surface area (Å²) in [5.41, 5.74) is 1.97. The molecular weight excluding hydrogens is 416 g/mol. The molecule has 31 heavy (non-hydrogen) atoms. The van der Waals surface area contributed by atoms with E-state index >= 15 is 0 Å². The highest BCUT2D eigenvalue weighted by atomic mass is 35.5. The third-order valence-corrected chi connectivity index (χ3v) is 5.59. The Labute approximate surface area is 187 Å². The van der Waals surface area contributed by atoms with Crippen molar-refractivity contribution in [2.75, 3.05) is 24.6 Å². The highest BCUT2D eigenvalue weighted by molar-refractivity contribution is 6.45. The Balaban J connectivity index is 1.77. The lowest BCUT2D eigenvalue weighted by Gasteiger charge is -2.37. The van der Waals surface area contributed by atoms with Crippen molar-refractivity contribution in [1.82, 2.24) is 4.90 Å². The van der Waals surface area contributed by atoms with Gasteiger partial charge in [0.15, 0.2) is 0 Å². The summed E-state index contributed by atoms with van der Waals surface area (Å²) in [6.07, 6.45) is -0.102. The SMILES string of the molecule is CCOc1ccc(N2C(=O)C(c3ccc(Cl)cc3)=C(N3CC(C)OC(C)C3)C2=O)cc1.